The molecular weight excluding hydrogens is 328 g/mol. The maximum atomic E-state index is 11.9. The molecular formula is C20H20N4O2. The van der Waals surface area contributed by atoms with E-state index in [9.17, 15) is 4.79 Å². The van der Waals surface area contributed by atoms with Gasteiger partial charge in [-0.25, -0.2) is 0 Å². The fourth-order valence-corrected chi connectivity index (χ4v) is 3.42. The molecule has 2 N–H and O–H groups in total. The van der Waals surface area contributed by atoms with Crippen molar-refractivity contribution in [2.45, 2.75) is 32.5 Å². The predicted octanol–water partition coefficient (Wildman–Crippen LogP) is 2.46. The predicted molar refractivity (Wildman–Crippen MR) is 96.8 cm³/mol. The van der Waals surface area contributed by atoms with E-state index in [0.29, 0.717) is 31.2 Å². The lowest BCUT2D eigenvalue weighted by molar-refractivity contribution is -0.124. The summed E-state index contributed by atoms with van der Waals surface area (Å²) in [5.41, 5.74) is 10.0. The van der Waals surface area contributed by atoms with Crippen molar-refractivity contribution in [3.63, 3.8) is 0 Å². The van der Waals surface area contributed by atoms with Crippen LogP contribution in [-0.2, 0) is 24.3 Å². The summed E-state index contributed by atoms with van der Waals surface area (Å²) in [5, 5.41) is 4.08. The van der Waals surface area contributed by atoms with Crippen LogP contribution in [0.2, 0.25) is 0 Å². The summed E-state index contributed by atoms with van der Waals surface area (Å²) in [6, 6.07) is 15.7. The number of primary amides is 1. The second-order valence-corrected chi connectivity index (χ2v) is 6.68. The number of benzene rings is 2. The van der Waals surface area contributed by atoms with Gasteiger partial charge in [-0.05, 0) is 30.5 Å². The molecule has 3 aromatic rings. The minimum Gasteiger partial charge on any atom is -0.368 e. The largest absolute Gasteiger partial charge is 0.368 e. The first-order valence-corrected chi connectivity index (χ1v) is 8.60. The number of carbonyl (C=O) groups is 1. The lowest BCUT2D eigenvalue weighted by Gasteiger charge is -2.33. The highest BCUT2D eigenvalue weighted by atomic mass is 16.5. The van der Waals surface area contributed by atoms with E-state index in [1.807, 2.05) is 54.3 Å². The van der Waals surface area contributed by atoms with Crippen molar-refractivity contribution in [3.8, 4) is 11.4 Å². The van der Waals surface area contributed by atoms with E-state index < -0.39 is 0 Å². The van der Waals surface area contributed by atoms with Gasteiger partial charge in [0.25, 0.3) is 0 Å². The summed E-state index contributed by atoms with van der Waals surface area (Å²) < 4.78 is 5.42. The first kappa shape index (κ1) is 16.5. The van der Waals surface area contributed by atoms with Crippen LogP contribution in [0.3, 0.4) is 0 Å². The average Bonchev–Trinajstić information content (AvgIpc) is 3.09. The van der Waals surface area contributed by atoms with Gasteiger partial charge in [0.2, 0.25) is 17.6 Å². The van der Waals surface area contributed by atoms with Crippen LogP contribution in [0.1, 0.15) is 22.6 Å². The van der Waals surface area contributed by atoms with Crippen molar-refractivity contribution < 1.29 is 9.32 Å². The number of hydrogen-bond donors (Lipinski definition) is 1. The number of hydrogen-bond acceptors (Lipinski definition) is 5. The number of nitrogens with two attached hydrogens (primary N) is 1. The molecule has 1 atom stereocenters. The van der Waals surface area contributed by atoms with Crippen molar-refractivity contribution in [1.82, 2.24) is 15.0 Å². The molecule has 6 nitrogen and oxygen atoms in total. The Kier molecular flexibility index (Phi) is 4.26. The lowest BCUT2D eigenvalue weighted by atomic mass is 9.93. The highest BCUT2D eigenvalue weighted by Crippen LogP contribution is 2.25. The second kappa shape index (κ2) is 6.72. The smallest absolute Gasteiger partial charge is 0.241 e. The molecule has 1 aromatic heterocycles. The molecule has 0 unspecified atom stereocenters. The number of carbonyl (C=O) groups excluding carboxylic acids is 1. The summed E-state index contributed by atoms with van der Waals surface area (Å²) >= 11 is 0. The molecule has 0 saturated carbocycles. The lowest BCUT2D eigenvalue weighted by Crippen LogP contribution is -2.48. The Morgan fingerprint density at radius 1 is 1.23 bits per heavy atom. The van der Waals surface area contributed by atoms with E-state index >= 15 is 0 Å². The molecule has 0 aliphatic carbocycles. The van der Waals surface area contributed by atoms with Gasteiger partial charge in [-0.2, -0.15) is 4.98 Å². The molecule has 132 valence electrons. The number of amides is 1. The zero-order valence-electron chi connectivity index (χ0n) is 14.6. The van der Waals surface area contributed by atoms with Crippen LogP contribution in [0.5, 0.6) is 0 Å². The van der Waals surface area contributed by atoms with Gasteiger partial charge in [0.15, 0.2) is 0 Å². The molecule has 1 aliphatic rings. The van der Waals surface area contributed by atoms with E-state index in [2.05, 4.69) is 16.2 Å². The Bertz CT molecular complexity index is 950. The average molecular weight is 348 g/mol. The summed E-state index contributed by atoms with van der Waals surface area (Å²) in [6.07, 6.45) is 0.602. The molecule has 0 fully saturated rings. The Hall–Kier alpha value is -2.99. The van der Waals surface area contributed by atoms with Gasteiger partial charge in [-0.3, -0.25) is 9.69 Å². The third kappa shape index (κ3) is 3.23. The van der Waals surface area contributed by atoms with Gasteiger partial charge >= 0.3 is 0 Å². The maximum Gasteiger partial charge on any atom is 0.241 e. The minimum absolute atomic E-state index is 0.335. The zero-order chi connectivity index (χ0) is 18.1. The maximum absolute atomic E-state index is 11.9. The van der Waals surface area contributed by atoms with Crippen LogP contribution < -0.4 is 5.73 Å². The summed E-state index contributed by atoms with van der Waals surface area (Å²) in [5.74, 6) is 0.696. The topological polar surface area (TPSA) is 85.3 Å². The standard InChI is InChI=1S/C20H20N4O2/c1-13-5-4-8-15(9-13)20-22-18(26-23-20)12-24-11-16-7-3-2-6-14(16)10-17(24)19(21)25/h2-9,17H,10-12H2,1H3,(H2,21,25)/t17-/m0/s1. The summed E-state index contributed by atoms with van der Waals surface area (Å²) in [7, 11) is 0. The van der Waals surface area contributed by atoms with Crippen LogP contribution in [0.4, 0.5) is 0 Å². The fourth-order valence-electron chi connectivity index (χ4n) is 3.42. The summed E-state index contributed by atoms with van der Waals surface area (Å²) in [6.45, 7) is 3.04. The highest BCUT2D eigenvalue weighted by Gasteiger charge is 2.31. The van der Waals surface area contributed by atoms with Crippen LogP contribution in [-0.4, -0.2) is 27.0 Å². The molecule has 0 radical (unpaired) electrons. The van der Waals surface area contributed by atoms with Crippen molar-refractivity contribution in [3.05, 3.63) is 71.1 Å². The first-order chi connectivity index (χ1) is 12.6. The fraction of sp³-hybridized carbons (Fsp3) is 0.250. The number of nitrogens with zero attached hydrogens (tertiary/aromatic N) is 3. The molecule has 0 spiro atoms. The van der Waals surface area contributed by atoms with E-state index in [0.717, 1.165) is 11.1 Å². The van der Waals surface area contributed by atoms with Gasteiger partial charge < -0.3 is 10.3 Å². The van der Waals surface area contributed by atoms with Crippen LogP contribution in [0, 0.1) is 6.92 Å². The molecule has 1 amide bonds. The molecule has 2 heterocycles. The van der Waals surface area contributed by atoms with Gasteiger partial charge in [0.05, 0.1) is 12.6 Å². The van der Waals surface area contributed by atoms with E-state index in [1.54, 1.807) is 0 Å². The number of aromatic nitrogens is 2. The molecule has 1 aliphatic heterocycles. The van der Waals surface area contributed by atoms with E-state index in [-0.39, 0.29) is 11.9 Å². The van der Waals surface area contributed by atoms with Crippen molar-refractivity contribution in [2.75, 3.05) is 0 Å². The second-order valence-electron chi connectivity index (χ2n) is 6.68. The highest BCUT2D eigenvalue weighted by molar-refractivity contribution is 5.80. The molecule has 0 bridgehead atoms. The minimum atomic E-state index is -0.376. The third-order valence-corrected chi connectivity index (χ3v) is 4.76. The zero-order valence-corrected chi connectivity index (χ0v) is 14.6. The molecule has 26 heavy (non-hydrogen) atoms. The molecule has 2 aromatic carbocycles. The van der Waals surface area contributed by atoms with Crippen molar-refractivity contribution in [2.24, 2.45) is 5.73 Å². The molecule has 4 rings (SSSR count). The van der Waals surface area contributed by atoms with E-state index in [4.69, 9.17) is 10.3 Å². The van der Waals surface area contributed by atoms with Gasteiger partial charge in [0.1, 0.15) is 0 Å². The third-order valence-electron chi connectivity index (χ3n) is 4.76. The molecule has 6 heteroatoms. The van der Waals surface area contributed by atoms with Gasteiger partial charge in [0, 0.05) is 12.1 Å². The SMILES string of the molecule is Cc1cccc(-c2noc(CN3Cc4ccccc4C[C@H]3C(N)=O)n2)c1. The molecule has 0 saturated heterocycles. The normalized spacial score (nSPS) is 17.0. The van der Waals surface area contributed by atoms with Gasteiger partial charge in [-0.15, -0.1) is 0 Å². The van der Waals surface area contributed by atoms with Crippen molar-refractivity contribution in [1.29, 1.82) is 0 Å². The Morgan fingerprint density at radius 3 is 2.81 bits per heavy atom. The van der Waals surface area contributed by atoms with Gasteiger partial charge in [-0.1, -0.05) is 53.2 Å². The Balaban J connectivity index is 1.57. The Labute approximate surface area is 151 Å². The van der Waals surface area contributed by atoms with Crippen LogP contribution in [0.15, 0.2) is 53.1 Å². The first-order valence-electron chi connectivity index (χ1n) is 8.60. The number of fused-ring (bicyclic) bond motifs is 1. The quantitative estimate of drug-likeness (QED) is 0.783. The summed E-state index contributed by atoms with van der Waals surface area (Å²) in [4.78, 5) is 18.4. The van der Waals surface area contributed by atoms with Crippen LogP contribution in [0.25, 0.3) is 11.4 Å². The number of aryl methyl sites for hydroxylation is 1. The van der Waals surface area contributed by atoms with Crippen LogP contribution >= 0.6 is 0 Å². The van der Waals surface area contributed by atoms with E-state index in [1.165, 1.54) is 11.1 Å². The number of rotatable bonds is 4. The monoisotopic (exact) mass is 348 g/mol. The van der Waals surface area contributed by atoms with Crippen molar-refractivity contribution >= 4 is 5.91 Å². The Morgan fingerprint density at radius 2 is 2.04 bits per heavy atom.